The molecule has 2 aliphatic rings. The first-order chi connectivity index (χ1) is 8.86. The van der Waals surface area contributed by atoms with E-state index in [0.29, 0.717) is 6.04 Å². The van der Waals surface area contributed by atoms with E-state index in [2.05, 4.69) is 28.4 Å². The smallest absolute Gasteiger partial charge is 0.123 e. The Hall–Kier alpha value is -1.06. The summed E-state index contributed by atoms with van der Waals surface area (Å²) in [5, 5.41) is 3.65. The molecule has 2 aliphatic heterocycles. The van der Waals surface area contributed by atoms with Crippen molar-refractivity contribution in [2.45, 2.75) is 25.4 Å². The standard InChI is InChI=1S/C15H22N2O/c1-18-15-7-3-2-5-13(15)10-17-9-12-6-4-8-16-14(12)11-17/h2-3,5,7,12,14,16H,4,6,8-11H2,1H3. The number of hydrogen-bond donors (Lipinski definition) is 1. The Kier molecular flexibility index (Phi) is 3.52. The van der Waals surface area contributed by atoms with Crippen LogP contribution in [-0.4, -0.2) is 37.7 Å². The number of benzene rings is 1. The minimum atomic E-state index is 0.716. The van der Waals surface area contributed by atoms with Crippen LogP contribution in [0.5, 0.6) is 5.75 Å². The van der Waals surface area contributed by atoms with Crippen molar-refractivity contribution in [3.8, 4) is 5.75 Å². The fraction of sp³-hybridized carbons (Fsp3) is 0.600. The molecule has 0 aliphatic carbocycles. The summed E-state index contributed by atoms with van der Waals surface area (Å²) in [7, 11) is 1.75. The molecule has 18 heavy (non-hydrogen) atoms. The van der Waals surface area contributed by atoms with E-state index in [0.717, 1.165) is 18.2 Å². The van der Waals surface area contributed by atoms with Gasteiger partial charge < -0.3 is 10.1 Å². The molecule has 0 saturated carbocycles. The molecule has 0 radical (unpaired) electrons. The lowest BCUT2D eigenvalue weighted by Crippen LogP contribution is -2.40. The quantitative estimate of drug-likeness (QED) is 0.881. The van der Waals surface area contributed by atoms with E-state index in [9.17, 15) is 0 Å². The van der Waals surface area contributed by atoms with Crippen molar-refractivity contribution in [1.29, 1.82) is 0 Å². The molecule has 98 valence electrons. The van der Waals surface area contributed by atoms with Crippen molar-refractivity contribution < 1.29 is 4.74 Å². The molecule has 0 amide bonds. The van der Waals surface area contributed by atoms with E-state index in [4.69, 9.17) is 4.74 Å². The largest absolute Gasteiger partial charge is 0.496 e. The average molecular weight is 246 g/mol. The fourth-order valence-electron chi connectivity index (χ4n) is 3.34. The second kappa shape index (κ2) is 5.29. The molecule has 2 unspecified atom stereocenters. The highest BCUT2D eigenvalue weighted by Gasteiger charge is 2.34. The van der Waals surface area contributed by atoms with Crippen molar-refractivity contribution in [1.82, 2.24) is 10.2 Å². The predicted octanol–water partition coefficient (Wildman–Crippen LogP) is 1.88. The maximum Gasteiger partial charge on any atom is 0.123 e. The number of likely N-dealkylation sites (tertiary alicyclic amines) is 1. The van der Waals surface area contributed by atoms with Gasteiger partial charge in [0.05, 0.1) is 7.11 Å². The van der Waals surface area contributed by atoms with Gasteiger partial charge in [-0.3, -0.25) is 4.90 Å². The third-order valence-corrected chi connectivity index (χ3v) is 4.26. The van der Waals surface area contributed by atoms with Crippen LogP contribution in [0.3, 0.4) is 0 Å². The first kappa shape index (κ1) is 12.0. The van der Waals surface area contributed by atoms with Gasteiger partial charge in [-0.15, -0.1) is 0 Å². The van der Waals surface area contributed by atoms with Gasteiger partial charge in [0.15, 0.2) is 0 Å². The molecule has 1 N–H and O–H groups in total. The van der Waals surface area contributed by atoms with Gasteiger partial charge >= 0.3 is 0 Å². The van der Waals surface area contributed by atoms with Gasteiger partial charge in [0.2, 0.25) is 0 Å². The summed E-state index contributed by atoms with van der Waals surface area (Å²) >= 11 is 0. The van der Waals surface area contributed by atoms with Crippen molar-refractivity contribution in [3.05, 3.63) is 29.8 Å². The van der Waals surface area contributed by atoms with Gasteiger partial charge in [-0.1, -0.05) is 18.2 Å². The second-order valence-corrected chi connectivity index (χ2v) is 5.47. The molecule has 2 atom stereocenters. The van der Waals surface area contributed by atoms with Crippen molar-refractivity contribution in [3.63, 3.8) is 0 Å². The zero-order valence-electron chi connectivity index (χ0n) is 11.1. The van der Waals surface area contributed by atoms with E-state index in [1.165, 1.54) is 38.0 Å². The van der Waals surface area contributed by atoms with Gasteiger partial charge in [-0.25, -0.2) is 0 Å². The summed E-state index contributed by atoms with van der Waals surface area (Å²) < 4.78 is 5.43. The summed E-state index contributed by atoms with van der Waals surface area (Å²) in [5.74, 6) is 1.87. The third kappa shape index (κ3) is 2.38. The maximum absolute atomic E-state index is 5.43. The number of methoxy groups -OCH3 is 1. The predicted molar refractivity (Wildman–Crippen MR) is 72.8 cm³/mol. The highest BCUT2D eigenvalue weighted by Crippen LogP contribution is 2.27. The van der Waals surface area contributed by atoms with Crippen LogP contribution in [0.1, 0.15) is 18.4 Å². The maximum atomic E-state index is 5.43. The second-order valence-electron chi connectivity index (χ2n) is 5.47. The molecule has 3 nitrogen and oxygen atoms in total. The number of ether oxygens (including phenoxy) is 1. The lowest BCUT2D eigenvalue weighted by molar-refractivity contribution is 0.305. The molecule has 1 aromatic carbocycles. The van der Waals surface area contributed by atoms with Crippen LogP contribution >= 0.6 is 0 Å². The van der Waals surface area contributed by atoms with Gasteiger partial charge in [-0.2, -0.15) is 0 Å². The van der Waals surface area contributed by atoms with E-state index in [1.807, 2.05) is 6.07 Å². The Morgan fingerprint density at radius 2 is 2.22 bits per heavy atom. The first-order valence-corrected chi connectivity index (χ1v) is 6.94. The van der Waals surface area contributed by atoms with Crippen LogP contribution in [0.25, 0.3) is 0 Å². The number of nitrogens with zero attached hydrogens (tertiary/aromatic N) is 1. The molecular formula is C15H22N2O. The lowest BCUT2D eigenvalue weighted by atomic mass is 9.94. The molecule has 2 fully saturated rings. The minimum Gasteiger partial charge on any atom is -0.496 e. The zero-order valence-corrected chi connectivity index (χ0v) is 11.1. The zero-order chi connectivity index (χ0) is 12.4. The average Bonchev–Trinajstić information content (AvgIpc) is 2.81. The molecule has 1 aromatic rings. The molecule has 0 aromatic heterocycles. The fourth-order valence-corrected chi connectivity index (χ4v) is 3.34. The van der Waals surface area contributed by atoms with Crippen LogP contribution in [0.4, 0.5) is 0 Å². The molecule has 3 rings (SSSR count). The van der Waals surface area contributed by atoms with Crippen LogP contribution in [0, 0.1) is 5.92 Å². The van der Waals surface area contributed by atoms with Crippen LogP contribution < -0.4 is 10.1 Å². The Balaban J connectivity index is 1.66. The monoisotopic (exact) mass is 246 g/mol. The number of hydrogen-bond acceptors (Lipinski definition) is 3. The Morgan fingerprint density at radius 3 is 3.06 bits per heavy atom. The SMILES string of the molecule is COc1ccccc1CN1CC2CCCNC2C1. The van der Waals surface area contributed by atoms with Gasteiger partial charge in [0, 0.05) is 31.2 Å². The van der Waals surface area contributed by atoms with E-state index < -0.39 is 0 Å². The van der Waals surface area contributed by atoms with Gasteiger partial charge in [0.1, 0.15) is 5.75 Å². The van der Waals surface area contributed by atoms with Crippen molar-refractivity contribution in [2.24, 2.45) is 5.92 Å². The van der Waals surface area contributed by atoms with Crippen LogP contribution in [0.15, 0.2) is 24.3 Å². The highest BCUT2D eigenvalue weighted by molar-refractivity contribution is 5.33. The number of fused-ring (bicyclic) bond motifs is 1. The Morgan fingerprint density at radius 1 is 1.33 bits per heavy atom. The molecule has 2 saturated heterocycles. The summed E-state index contributed by atoms with van der Waals surface area (Å²) in [6, 6.07) is 9.08. The number of piperidine rings is 1. The Labute approximate surface area is 109 Å². The molecule has 3 heteroatoms. The number of para-hydroxylation sites is 1. The number of rotatable bonds is 3. The van der Waals surface area contributed by atoms with E-state index >= 15 is 0 Å². The topological polar surface area (TPSA) is 24.5 Å². The van der Waals surface area contributed by atoms with Gasteiger partial charge in [-0.05, 0) is 31.4 Å². The first-order valence-electron chi connectivity index (χ1n) is 6.94. The summed E-state index contributed by atoms with van der Waals surface area (Å²) in [5.41, 5.74) is 1.30. The Bertz CT molecular complexity index is 393. The summed E-state index contributed by atoms with van der Waals surface area (Å²) in [6.07, 6.45) is 2.73. The number of nitrogens with one attached hydrogen (secondary N) is 1. The summed E-state index contributed by atoms with van der Waals surface area (Å²) in [4.78, 5) is 2.56. The molecular weight excluding hydrogens is 224 g/mol. The third-order valence-electron chi connectivity index (χ3n) is 4.26. The molecule has 2 heterocycles. The van der Waals surface area contributed by atoms with E-state index in [-0.39, 0.29) is 0 Å². The van der Waals surface area contributed by atoms with E-state index in [1.54, 1.807) is 7.11 Å². The minimum absolute atomic E-state index is 0.716. The van der Waals surface area contributed by atoms with Crippen molar-refractivity contribution >= 4 is 0 Å². The molecule has 0 spiro atoms. The van der Waals surface area contributed by atoms with Crippen LogP contribution in [0.2, 0.25) is 0 Å². The molecule has 0 bridgehead atoms. The lowest BCUT2D eigenvalue weighted by Gasteiger charge is -2.24. The van der Waals surface area contributed by atoms with Gasteiger partial charge in [0.25, 0.3) is 0 Å². The van der Waals surface area contributed by atoms with Crippen molar-refractivity contribution in [2.75, 3.05) is 26.7 Å². The normalized spacial score (nSPS) is 28.1. The highest BCUT2D eigenvalue weighted by atomic mass is 16.5. The summed E-state index contributed by atoms with van der Waals surface area (Å²) in [6.45, 7) is 4.63. The van der Waals surface area contributed by atoms with Crippen LogP contribution in [-0.2, 0) is 6.54 Å².